The summed E-state index contributed by atoms with van der Waals surface area (Å²) in [5, 5.41) is 3.75. The summed E-state index contributed by atoms with van der Waals surface area (Å²) in [5.41, 5.74) is 11.7. The molecule has 5 nitrogen and oxygen atoms in total. The first-order valence-electron chi connectivity index (χ1n) is 20.1. The second kappa shape index (κ2) is 14.5. The molecule has 5 heteroatoms. The lowest BCUT2D eigenvalue weighted by atomic mass is 9.66. The van der Waals surface area contributed by atoms with E-state index in [-0.39, 0.29) is 23.4 Å². The third-order valence-corrected chi connectivity index (χ3v) is 11.8. The van der Waals surface area contributed by atoms with Crippen molar-refractivity contribution in [2.24, 2.45) is 11.8 Å². The van der Waals surface area contributed by atoms with E-state index in [4.69, 9.17) is 15.0 Å². The van der Waals surface area contributed by atoms with Crippen molar-refractivity contribution in [1.29, 1.82) is 0 Å². The summed E-state index contributed by atoms with van der Waals surface area (Å²) < 4.78 is 5.16. The molecule has 56 heavy (non-hydrogen) atoms. The highest BCUT2D eigenvalue weighted by Gasteiger charge is 2.47. The van der Waals surface area contributed by atoms with Crippen LogP contribution in [0.5, 0.6) is 0 Å². The third kappa shape index (κ3) is 5.55. The average molecular weight is 734 g/mol. The van der Waals surface area contributed by atoms with Gasteiger partial charge in [0, 0.05) is 45.0 Å². The van der Waals surface area contributed by atoms with Crippen LogP contribution < -0.4 is 0 Å². The fourth-order valence-electron chi connectivity index (χ4n) is 9.40. The summed E-state index contributed by atoms with van der Waals surface area (Å²) >= 11 is 0. The van der Waals surface area contributed by atoms with Gasteiger partial charge in [0.05, 0.1) is 28.1 Å². The number of nitrogens with zero attached hydrogens (tertiary/aromatic N) is 5. The van der Waals surface area contributed by atoms with Crippen molar-refractivity contribution in [2.75, 3.05) is 0 Å². The fraction of sp³-hybridized carbons (Fsp3) is 0.235. The maximum atomic E-state index is 5.28. The largest absolute Gasteiger partial charge is 0.333 e. The van der Waals surface area contributed by atoms with Gasteiger partial charge in [-0.15, -0.1) is 0 Å². The highest BCUT2D eigenvalue weighted by atomic mass is 15.1. The Morgan fingerprint density at radius 1 is 0.821 bits per heavy atom. The quantitative estimate of drug-likeness (QED) is 0.121. The number of hydrogen-bond acceptors (Lipinski definition) is 3. The van der Waals surface area contributed by atoms with Crippen LogP contribution in [0.15, 0.2) is 151 Å². The van der Waals surface area contributed by atoms with Crippen molar-refractivity contribution >= 4 is 49.4 Å². The van der Waals surface area contributed by atoms with Gasteiger partial charge in [-0.1, -0.05) is 143 Å². The highest BCUT2D eigenvalue weighted by Crippen LogP contribution is 2.56. The van der Waals surface area contributed by atoms with Crippen LogP contribution >= 0.6 is 0 Å². The Bertz CT molecular complexity index is 2760. The molecule has 0 amide bonds. The van der Waals surface area contributed by atoms with Crippen molar-refractivity contribution < 1.29 is 0 Å². The van der Waals surface area contributed by atoms with E-state index in [2.05, 4.69) is 147 Å². The summed E-state index contributed by atoms with van der Waals surface area (Å²) in [6.07, 6.45) is 24.1. The van der Waals surface area contributed by atoms with Crippen LogP contribution in [0.1, 0.15) is 78.6 Å². The summed E-state index contributed by atoms with van der Waals surface area (Å²) in [4.78, 5) is 15.6. The maximum Gasteiger partial charge on any atom is 0.164 e. The third-order valence-electron chi connectivity index (χ3n) is 11.8. The van der Waals surface area contributed by atoms with Gasteiger partial charge < -0.3 is 9.13 Å². The number of fused-ring (bicyclic) bond motifs is 5. The molecule has 4 atom stereocenters. The molecule has 9 rings (SSSR count). The van der Waals surface area contributed by atoms with E-state index in [0.29, 0.717) is 11.6 Å². The molecule has 0 bridgehead atoms. The van der Waals surface area contributed by atoms with Crippen LogP contribution in [0.3, 0.4) is 0 Å². The number of benzene rings is 3. The standard InChI is InChI=1S/C49H45N5.C2H6/c1-8-15-32(11-4)46-50-47(35-18-13-12-14-19-35)52-48(51-46)38-29-41-43-42(31(38)6)30(5)24-26-49(43,7)53-27-25-34-20-22-37-39-28-36(33(16-9-2)17-10-3)21-23-40(39)54(41)45(37)44(34)53;1-2/h8-31,41H,2H2,1,3-7H3;1-2H3/b15-8-,17-10-,32-11+,33-16+;. The zero-order chi connectivity index (χ0) is 39.3. The predicted octanol–water partition coefficient (Wildman–Crippen LogP) is 13.3. The van der Waals surface area contributed by atoms with Gasteiger partial charge >= 0.3 is 0 Å². The second-order valence-electron chi connectivity index (χ2n) is 14.9. The molecule has 2 aliphatic carbocycles. The second-order valence-corrected chi connectivity index (χ2v) is 14.9. The number of allylic oxidation sites excluding steroid dienone is 15. The summed E-state index contributed by atoms with van der Waals surface area (Å²) in [7, 11) is 0. The molecule has 280 valence electrons. The van der Waals surface area contributed by atoms with E-state index in [1.807, 2.05) is 58.0 Å². The average Bonchev–Trinajstić information content (AvgIpc) is 3.79. The van der Waals surface area contributed by atoms with E-state index in [1.165, 1.54) is 49.4 Å². The first kappa shape index (κ1) is 36.9. The van der Waals surface area contributed by atoms with Crippen LogP contribution in [0.2, 0.25) is 0 Å². The van der Waals surface area contributed by atoms with Gasteiger partial charge in [-0.2, -0.15) is 0 Å². The molecule has 0 saturated heterocycles. The molecular formula is C51H51N5. The van der Waals surface area contributed by atoms with Crippen molar-refractivity contribution in [2.45, 2.75) is 67.0 Å². The molecule has 3 aromatic carbocycles. The first-order chi connectivity index (χ1) is 27.3. The molecule has 0 radical (unpaired) electrons. The Morgan fingerprint density at radius 2 is 1.57 bits per heavy atom. The molecule has 0 fully saturated rings. The van der Waals surface area contributed by atoms with Gasteiger partial charge in [0.25, 0.3) is 0 Å². The summed E-state index contributed by atoms with van der Waals surface area (Å²) in [6.45, 7) is 21.2. The zero-order valence-corrected chi connectivity index (χ0v) is 33.9. The lowest BCUT2D eigenvalue weighted by molar-refractivity contribution is 0.425. The van der Waals surface area contributed by atoms with Gasteiger partial charge in [0.2, 0.25) is 0 Å². The number of aromatic nitrogens is 5. The SMILES string of the molecule is C=C/C=C(\C=C/C)c1ccc2c(c1)c1ccc3ccn4c3c1n2C1C=C(c2nc(C(/C=C\C)=C/C)nc(-c3ccccc3)n2)C(C)C2=C1C4(C)C=CC2C.CC. The smallest absolute Gasteiger partial charge is 0.164 e. The molecular weight excluding hydrogens is 683 g/mol. The maximum absolute atomic E-state index is 5.28. The monoisotopic (exact) mass is 733 g/mol. The fourth-order valence-corrected chi connectivity index (χ4v) is 9.40. The summed E-state index contributed by atoms with van der Waals surface area (Å²) in [6, 6.07) is 24.1. The Morgan fingerprint density at radius 3 is 2.30 bits per heavy atom. The molecule has 4 unspecified atom stereocenters. The molecule has 1 aliphatic heterocycles. The van der Waals surface area contributed by atoms with Gasteiger partial charge in [0.1, 0.15) is 0 Å². The predicted molar refractivity (Wildman–Crippen MR) is 238 cm³/mol. The highest BCUT2D eigenvalue weighted by molar-refractivity contribution is 6.18. The van der Waals surface area contributed by atoms with Crippen LogP contribution in [0.25, 0.3) is 60.8 Å². The van der Waals surface area contributed by atoms with Crippen LogP contribution in [-0.4, -0.2) is 24.1 Å². The lowest BCUT2D eigenvalue weighted by Gasteiger charge is -2.45. The Balaban J connectivity index is 0.00000217. The molecule has 6 aromatic rings. The minimum atomic E-state index is -0.362. The Hall–Kier alpha value is -6.07. The zero-order valence-electron chi connectivity index (χ0n) is 33.9. The van der Waals surface area contributed by atoms with Crippen molar-refractivity contribution in [3.05, 3.63) is 169 Å². The van der Waals surface area contributed by atoms with E-state index in [1.54, 1.807) is 0 Å². The molecule has 3 aliphatic rings. The van der Waals surface area contributed by atoms with Crippen LogP contribution in [-0.2, 0) is 5.54 Å². The normalized spacial score (nSPS) is 21.9. The Labute approximate surface area is 331 Å². The molecule has 3 aromatic heterocycles. The van der Waals surface area contributed by atoms with Crippen molar-refractivity contribution in [1.82, 2.24) is 24.1 Å². The number of rotatable bonds is 7. The molecule has 0 saturated carbocycles. The van der Waals surface area contributed by atoms with E-state index in [0.717, 1.165) is 28.1 Å². The van der Waals surface area contributed by atoms with E-state index < -0.39 is 0 Å². The van der Waals surface area contributed by atoms with Crippen molar-refractivity contribution in [3.63, 3.8) is 0 Å². The topological polar surface area (TPSA) is 48.5 Å². The lowest BCUT2D eigenvalue weighted by Crippen LogP contribution is -2.39. The van der Waals surface area contributed by atoms with Gasteiger partial charge in [-0.3, -0.25) is 0 Å². The van der Waals surface area contributed by atoms with Crippen LogP contribution in [0, 0.1) is 11.8 Å². The first-order valence-corrected chi connectivity index (χ1v) is 20.1. The van der Waals surface area contributed by atoms with E-state index >= 15 is 0 Å². The molecule has 0 spiro atoms. The van der Waals surface area contributed by atoms with Crippen molar-refractivity contribution in [3.8, 4) is 11.4 Å². The van der Waals surface area contributed by atoms with Crippen LogP contribution in [0.4, 0.5) is 0 Å². The minimum Gasteiger partial charge on any atom is -0.333 e. The van der Waals surface area contributed by atoms with Gasteiger partial charge in [0.15, 0.2) is 17.5 Å². The van der Waals surface area contributed by atoms with E-state index in [9.17, 15) is 0 Å². The minimum absolute atomic E-state index is 0.0733. The van der Waals surface area contributed by atoms with Gasteiger partial charge in [-0.05, 0) is 74.6 Å². The Kier molecular flexibility index (Phi) is 9.58. The molecule has 0 N–H and O–H groups in total. The molecule has 4 heterocycles. The van der Waals surface area contributed by atoms with Gasteiger partial charge in [-0.25, -0.2) is 15.0 Å². The summed E-state index contributed by atoms with van der Waals surface area (Å²) in [5.74, 6) is 2.41. The number of hydrogen-bond donors (Lipinski definition) is 0.